The third-order valence-electron chi connectivity index (χ3n) is 11.3. The third-order valence-corrected chi connectivity index (χ3v) is 13.6. The highest BCUT2D eigenvalue weighted by Gasteiger charge is 2.45. The number of rotatable bonds is 1. The minimum absolute atomic E-state index is 0.0314. The number of aliphatic hydroxyl groups is 1. The molecule has 5 aliphatic rings. The zero-order chi connectivity index (χ0) is 30.6. The Morgan fingerprint density at radius 2 is 1.91 bits per heavy atom. The van der Waals surface area contributed by atoms with Gasteiger partial charge in [-0.05, 0) is 116 Å². The van der Waals surface area contributed by atoms with Gasteiger partial charge in [0.05, 0.1) is 23.6 Å². The predicted molar refractivity (Wildman–Crippen MR) is 173 cm³/mol. The molecular weight excluding hydrogens is 596 g/mol. The molecule has 3 aliphatic carbocycles. The molecule has 2 N–H and O–H groups in total. The molecule has 1 amide bonds. The molecule has 2 heterocycles. The number of sulfonamides is 1. The van der Waals surface area contributed by atoms with Crippen molar-refractivity contribution in [3.8, 4) is 5.75 Å². The van der Waals surface area contributed by atoms with Crippen molar-refractivity contribution in [2.75, 3.05) is 24.6 Å². The van der Waals surface area contributed by atoms with Crippen molar-refractivity contribution in [1.29, 1.82) is 0 Å². The van der Waals surface area contributed by atoms with Gasteiger partial charge in [-0.2, -0.15) is 0 Å². The van der Waals surface area contributed by atoms with E-state index >= 15 is 0 Å². The van der Waals surface area contributed by atoms with Gasteiger partial charge in [-0.15, -0.1) is 0 Å². The van der Waals surface area contributed by atoms with E-state index in [1.165, 1.54) is 11.1 Å². The lowest BCUT2D eigenvalue weighted by atomic mass is 9.68. The van der Waals surface area contributed by atoms with Crippen LogP contribution in [-0.4, -0.2) is 50.5 Å². The monoisotopic (exact) mass is 638 g/mol. The van der Waals surface area contributed by atoms with Crippen LogP contribution < -0.4 is 14.4 Å². The number of anilines is 1. The van der Waals surface area contributed by atoms with Crippen molar-refractivity contribution in [3.63, 3.8) is 0 Å². The number of carbonyl (C=O) groups is 1. The summed E-state index contributed by atoms with van der Waals surface area (Å²) in [5.74, 6) is 0.370. The smallest absolute Gasteiger partial charge is 0.264 e. The first-order chi connectivity index (χ1) is 21.1. The van der Waals surface area contributed by atoms with Crippen LogP contribution in [0.2, 0.25) is 5.02 Å². The molecule has 2 fully saturated rings. The maximum absolute atomic E-state index is 13.8. The number of amides is 1. The van der Waals surface area contributed by atoms with Crippen molar-refractivity contribution < 1.29 is 23.1 Å². The van der Waals surface area contributed by atoms with E-state index in [2.05, 4.69) is 21.8 Å². The van der Waals surface area contributed by atoms with Crippen molar-refractivity contribution in [3.05, 3.63) is 70.3 Å². The van der Waals surface area contributed by atoms with Crippen LogP contribution in [0.15, 0.2) is 48.6 Å². The fourth-order valence-corrected chi connectivity index (χ4v) is 10.8. The van der Waals surface area contributed by atoms with Crippen LogP contribution in [0.5, 0.6) is 5.75 Å². The highest BCUT2D eigenvalue weighted by molar-refractivity contribution is 7.90. The zero-order valence-electron chi connectivity index (χ0n) is 25.4. The molecule has 6 atom stereocenters. The van der Waals surface area contributed by atoms with E-state index < -0.39 is 27.3 Å². The van der Waals surface area contributed by atoms with Crippen LogP contribution in [0.4, 0.5) is 5.69 Å². The van der Waals surface area contributed by atoms with Gasteiger partial charge < -0.3 is 14.7 Å². The minimum atomic E-state index is -3.93. The fourth-order valence-electron chi connectivity index (χ4n) is 8.57. The highest BCUT2D eigenvalue weighted by atomic mass is 35.5. The molecular formula is C35H43ClN2O5S. The topological polar surface area (TPSA) is 95.9 Å². The summed E-state index contributed by atoms with van der Waals surface area (Å²) in [4.78, 5) is 16.0. The molecule has 7 rings (SSSR count). The van der Waals surface area contributed by atoms with E-state index in [0.29, 0.717) is 30.9 Å². The first-order valence-electron chi connectivity index (χ1n) is 16.3. The molecule has 236 valence electrons. The molecule has 0 aromatic heterocycles. The number of hydrogen-bond acceptors (Lipinski definition) is 6. The molecule has 0 radical (unpaired) electrons. The molecule has 9 heteroatoms. The molecule has 0 unspecified atom stereocenters. The number of fused-ring (bicyclic) bond motifs is 4. The highest BCUT2D eigenvalue weighted by Crippen LogP contribution is 2.47. The quantitative estimate of drug-likeness (QED) is 0.371. The van der Waals surface area contributed by atoms with Gasteiger partial charge in [-0.25, -0.2) is 13.1 Å². The summed E-state index contributed by atoms with van der Waals surface area (Å²) in [5.41, 5.74) is 3.38. The Morgan fingerprint density at radius 3 is 2.66 bits per heavy atom. The fraction of sp³-hybridized carbons (Fsp3) is 0.571. The summed E-state index contributed by atoms with van der Waals surface area (Å²) >= 11 is 6.41. The first kappa shape index (κ1) is 30.1. The van der Waals surface area contributed by atoms with E-state index in [0.717, 1.165) is 68.6 Å². The molecule has 2 bridgehead atoms. The maximum atomic E-state index is 13.8. The Morgan fingerprint density at radius 1 is 1.07 bits per heavy atom. The van der Waals surface area contributed by atoms with Crippen LogP contribution in [-0.2, 0) is 21.9 Å². The molecule has 0 saturated heterocycles. The SMILES string of the molecule is C[C@@H]1C/C=C/[C@H](O)[C@@H]2CC[C@H]2CN2C[C@@]3(CCCc4cc(Cl)ccc43)COc3ccc(cc32)C(=O)NS(=O)(=O)[C@@H]1C1CCC1. The molecule has 7 nitrogen and oxygen atoms in total. The lowest BCUT2D eigenvalue weighted by Crippen LogP contribution is -2.49. The second kappa shape index (κ2) is 11.7. The molecule has 2 saturated carbocycles. The minimum Gasteiger partial charge on any atom is -0.490 e. The van der Waals surface area contributed by atoms with Crippen LogP contribution in [0.25, 0.3) is 0 Å². The van der Waals surface area contributed by atoms with Crippen LogP contribution in [0.1, 0.15) is 79.8 Å². The number of benzene rings is 2. The number of halogens is 1. The van der Waals surface area contributed by atoms with Gasteiger partial charge in [-0.1, -0.05) is 43.2 Å². The second-order valence-corrected chi connectivity index (χ2v) is 16.3. The van der Waals surface area contributed by atoms with Gasteiger partial charge in [-0.3, -0.25) is 4.79 Å². The average Bonchev–Trinajstić information content (AvgIpc) is 3.09. The molecule has 1 spiro atoms. The number of aryl methyl sites for hydroxylation is 1. The van der Waals surface area contributed by atoms with Gasteiger partial charge >= 0.3 is 0 Å². The van der Waals surface area contributed by atoms with Crippen molar-refractivity contribution >= 4 is 33.2 Å². The molecule has 2 aliphatic heterocycles. The zero-order valence-corrected chi connectivity index (χ0v) is 27.0. The summed E-state index contributed by atoms with van der Waals surface area (Å²) in [5, 5.41) is 11.3. The predicted octanol–water partition coefficient (Wildman–Crippen LogP) is 6.02. The number of allylic oxidation sites excluding steroid dienone is 1. The Hall–Kier alpha value is -2.55. The summed E-state index contributed by atoms with van der Waals surface area (Å²) < 4.78 is 36.6. The number of aliphatic hydroxyl groups excluding tert-OH is 1. The van der Waals surface area contributed by atoms with Crippen molar-refractivity contribution in [2.45, 2.75) is 81.5 Å². The first-order valence-corrected chi connectivity index (χ1v) is 18.3. The van der Waals surface area contributed by atoms with Gasteiger partial charge in [0.15, 0.2) is 0 Å². The number of carbonyl (C=O) groups excluding carboxylic acids is 1. The van der Waals surface area contributed by atoms with Crippen LogP contribution in [0.3, 0.4) is 0 Å². The summed E-state index contributed by atoms with van der Waals surface area (Å²) in [7, 11) is -3.93. The number of nitrogens with zero attached hydrogens (tertiary/aromatic N) is 1. The Balaban J connectivity index is 1.29. The number of ether oxygens (including phenoxy) is 1. The molecule has 2 aromatic rings. The lowest BCUT2D eigenvalue weighted by molar-refractivity contribution is 0.0455. The van der Waals surface area contributed by atoms with Crippen LogP contribution in [0, 0.1) is 23.7 Å². The average molecular weight is 639 g/mol. The second-order valence-electron chi connectivity index (χ2n) is 14.1. The van der Waals surface area contributed by atoms with E-state index in [1.807, 2.05) is 37.3 Å². The van der Waals surface area contributed by atoms with Gasteiger partial charge in [0.2, 0.25) is 10.0 Å². The standard InChI is InChI=1S/C35H43ClN2O5S/c1-22-5-2-9-31(39)28-13-10-26(28)19-38-20-35(16-4-8-24-17-27(36)12-14-29(24)35)21-43-32-15-11-25(18-30(32)38)34(40)37-44(41,42)33(22)23-6-3-7-23/h2,9,11-12,14-15,17-18,22-23,26,28,31,33,39H,3-8,10,13,16,19-21H2,1H3,(H,37,40)/b9-2+/t22-,26+,28-,31+,33+,35+/m1/s1. The third kappa shape index (κ3) is 5.45. The van der Waals surface area contributed by atoms with Gasteiger partial charge in [0.1, 0.15) is 5.75 Å². The summed E-state index contributed by atoms with van der Waals surface area (Å²) in [6.45, 7) is 3.88. The van der Waals surface area contributed by atoms with E-state index in [1.54, 1.807) is 6.07 Å². The van der Waals surface area contributed by atoms with Gasteiger partial charge in [0, 0.05) is 29.1 Å². The van der Waals surface area contributed by atoms with Crippen molar-refractivity contribution in [1.82, 2.24) is 4.72 Å². The molecule has 2 aromatic carbocycles. The van der Waals surface area contributed by atoms with Crippen LogP contribution >= 0.6 is 11.6 Å². The van der Waals surface area contributed by atoms with E-state index in [4.69, 9.17) is 16.3 Å². The van der Waals surface area contributed by atoms with E-state index in [-0.39, 0.29) is 29.1 Å². The largest absolute Gasteiger partial charge is 0.490 e. The van der Waals surface area contributed by atoms with E-state index in [9.17, 15) is 18.3 Å². The van der Waals surface area contributed by atoms with Crippen molar-refractivity contribution in [2.24, 2.45) is 23.7 Å². The lowest BCUT2D eigenvalue weighted by Gasteiger charge is -2.45. The normalized spacial score (nSPS) is 34.3. The number of hydrogen-bond donors (Lipinski definition) is 2. The Bertz CT molecular complexity index is 1570. The molecule has 44 heavy (non-hydrogen) atoms. The summed E-state index contributed by atoms with van der Waals surface area (Å²) in [6.07, 6.45) is 11.5. The summed E-state index contributed by atoms with van der Waals surface area (Å²) in [6, 6.07) is 11.5. The Labute approximate surface area is 266 Å². The number of nitrogens with one attached hydrogen (secondary N) is 1. The Kier molecular flexibility index (Phi) is 7.99. The maximum Gasteiger partial charge on any atom is 0.264 e. The van der Waals surface area contributed by atoms with Gasteiger partial charge in [0.25, 0.3) is 5.91 Å².